The third-order valence-corrected chi connectivity index (χ3v) is 3.58. The quantitative estimate of drug-likeness (QED) is 0.781. The van der Waals surface area contributed by atoms with Crippen molar-refractivity contribution in [3.8, 4) is 0 Å². The van der Waals surface area contributed by atoms with Crippen molar-refractivity contribution in [2.75, 3.05) is 5.17 Å². The minimum Gasteiger partial charge on any atom is -0.755 e. The predicted molar refractivity (Wildman–Crippen MR) is 74.6 cm³/mol. The molecular formula is C14H15N3O2-2. The minimum absolute atomic E-state index is 0.341. The Balaban J connectivity index is 1.90. The van der Waals surface area contributed by atoms with Gasteiger partial charge in [0.15, 0.2) is 0 Å². The molecule has 2 aliphatic rings. The predicted octanol–water partition coefficient (Wildman–Crippen LogP) is 3.04. The van der Waals surface area contributed by atoms with Gasteiger partial charge < -0.3 is 25.6 Å². The second-order valence-corrected chi connectivity index (χ2v) is 5.23. The fraction of sp³-hybridized carbons (Fsp3) is 0.429. The molecule has 1 atom stereocenters. The lowest BCUT2D eigenvalue weighted by Crippen LogP contribution is -2.16. The molecule has 19 heavy (non-hydrogen) atoms. The van der Waals surface area contributed by atoms with Crippen LogP contribution in [0, 0.1) is 11.1 Å². The summed E-state index contributed by atoms with van der Waals surface area (Å²) in [6.07, 6.45) is 3.62. The van der Waals surface area contributed by atoms with Gasteiger partial charge in [-0.3, -0.25) is 0 Å². The lowest BCUT2D eigenvalue weighted by atomic mass is 10.1. The highest BCUT2D eigenvalue weighted by atomic mass is 16.5. The van der Waals surface area contributed by atoms with Gasteiger partial charge in [0, 0.05) is 12.1 Å². The van der Waals surface area contributed by atoms with Gasteiger partial charge in [0.2, 0.25) is 0 Å². The molecule has 0 aromatic heterocycles. The van der Waals surface area contributed by atoms with E-state index in [0.29, 0.717) is 41.1 Å². The number of rotatable bonds is 3. The van der Waals surface area contributed by atoms with Crippen LogP contribution in [0.4, 0.5) is 11.4 Å². The molecule has 5 heteroatoms. The fourth-order valence-electron chi connectivity index (χ4n) is 2.72. The second kappa shape index (κ2) is 4.66. The third kappa shape index (κ3) is 2.21. The zero-order valence-corrected chi connectivity index (χ0v) is 10.8. The van der Waals surface area contributed by atoms with Crippen molar-refractivity contribution in [1.29, 1.82) is 0 Å². The van der Waals surface area contributed by atoms with Crippen LogP contribution in [0.15, 0.2) is 17.2 Å². The molecular weight excluding hydrogens is 242 g/mol. The van der Waals surface area contributed by atoms with Gasteiger partial charge in [-0.15, -0.1) is 0 Å². The molecule has 0 spiro atoms. The lowest BCUT2D eigenvalue weighted by Gasteiger charge is -2.42. The van der Waals surface area contributed by atoms with Crippen LogP contribution in [0.5, 0.6) is 0 Å². The zero-order valence-electron chi connectivity index (χ0n) is 10.8. The van der Waals surface area contributed by atoms with Crippen molar-refractivity contribution in [3.63, 3.8) is 0 Å². The topological polar surface area (TPSA) is 69.8 Å². The van der Waals surface area contributed by atoms with E-state index in [1.807, 2.05) is 12.1 Å². The largest absolute Gasteiger partial charge is 0.755 e. The van der Waals surface area contributed by atoms with E-state index in [9.17, 15) is 10.0 Å². The van der Waals surface area contributed by atoms with Gasteiger partial charge in [-0.1, -0.05) is 18.8 Å². The van der Waals surface area contributed by atoms with E-state index in [0.717, 1.165) is 19.1 Å². The highest BCUT2D eigenvalue weighted by molar-refractivity contribution is 6.07. The van der Waals surface area contributed by atoms with Crippen LogP contribution < -0.4 is 5.17 Å². The van der Waals surface area contributed by atoms with Crippen LogP contribution in [0.25, 0.3) is 5.32 Å². The van der Waals surface area contributed by atoms with Gasteiger partial charge in [0.05, 0.1) is 0 Å². The summed E-state index contributed by atoms with van der Waals surface area (Å²) in [4.78, 5) is 10.4. The molecule has 0 saturated heterocycles. The van der Waals surface area contributed by atoms with Crippen molar-refractivity contribution in [2.45, 2.75) is 32.6 Å². The molecule has 1 aromatic rings. The van der Waals surface area contributed by atoms with Gasteiger partial charge in [0.1, 0.15) is 6.29 Å². The lowest BCUT2D eigenvalue weighted by molar-refractivity contribution is -0.107. The normalized spacial score (nSPS) is 20.4. The molecule has 0 bridgehead atoms. The number of hydrazone groups is 1. The summed E-state index contributed by atoms with van der Waals surface area (Å²) in [6.45, 7) is 2.21. The molecule has 0 N–H and O–H groups in total. The molecule has 100 valence electrons. The van der Waals surface area contributed by atoms with Gasteiger partial charge in [0.25, 0.3) is 0 Å². The molecule has 0 saturated carbocycles. The number of anilines is 1. The van der Waals surface area contributed by atoms with Crippen LogP contribution in [0.2, 0.25) is 0 Å². The summed E-state index contributed by atoms with van der Waals surface area (Å²) in [5.74, 6) is 1.05. The molecule has 1 aliphatic heterocycles. The average Bonchev–Trinajstić information content (AvgIpc) is 2.73. The summed E-state index contributed by atoms with van der Waals surface area (Å²) >= 11 is 0. The van der Waals surface area contributed by atoms with Crippen molar-refractivity contribution in [1.82, 2.24) is 0 Å². The Labute approximate surface area is 111 Å². The van der Waals surface area contributed by atoms with Crippen LogP contribution >= 0.6 is 0 Å². The molecule has 1 aromatic carbocycles. The highest BCUT2D eigenvalue weighted by Gasteiger charge is 2.20. The van der Waals surface area contributed by atoms with E-state index in [2.05, 4.69) is 17.3 Å². The number of nitrogens with zero attached hydrogens (tertiary/aromatic N) is 3. The van der Waals surface area contributed by atoms with Crippen molar-refractivity contribution >= 4 is 23.5 Å². The van der Waals surface area contributed by atoms with Gasteiger partial charge in [-0.2, -0.15) is 0 Å². The maximum atomic E-state index is 11.9. The molecule has 1 unspecified atom stereocenters. The van der Waals surface area contributed by atoms with Crippen LogP contribution in [0.1, 0.15) is 30.9 Å². The van der Waals surface area contributed by atoms with Crippen LogP contribution in [-0.4, -0.2) is 12.1 Å². The standard InChI is InChI=1S/C14H15N3O2/c1-9-5-10-7-12-13(8-11(10)6-9)17(19)16-14(15-12)3-2-4-18/h4,7-9H,2-3,5-6H2,1H3/q-2. The Bertz CT molecular complexity index is 554. The fourth-order valence-corrected chi connectivity index (χ4v) is 2.72. The Morgan fingerprint density at radius 2 is 2.21 bits per heavy atom. The SMILES string of the molecule is CC1Cc2cc3c(cc2C1)N([O-])N=C(CCC=O)[N-]3. The number of fused-ring (bicyclic) bond motifs is 2. The number of hydrogen-bond donors (Lipinski definition) is 0. The van der Waals surface area contributed by atoms with Gasteiger partial charge >= 0.3 is 0 Å². The molecule has 1 aliphatic carbocycles. The van der Waals surface area contributed by atoms with Gasteiger partial charge in [-0.25, -0.2) is 0 Å². The zero-order chi connectivity index (χ0) is 13.4. The Morgan fingerprint density at radius 1 is 1.47 bits per heavy atom. The van der Waals surface area contributed by atoms with Crippen molar-refractivity contribution < 1.29 is 4.79 Å². The molecule has 0 amide bonds. The first-order valence-electron chi connectivity index (χ1n) is 6.53. The Morgan fingerprint density at radius 3 is 2.95 bits per heavy atom. The van der Waals surface area contributed by atoms with Gasteiger partial charge in [-0.05, 0) is 48.1 Å². The third-order valence-electron chi connectivity index (χ3n) is 3.58. The number of aldehydes is 1. The van der Waals surface area contributed by atoms with E-state index in [1.54, 1.807) is 0 Å². The minimum atomic E-state index is 0.341. The average molecular weight is 257 g/mol. The maximum Gasteiger partial charge on any atom is 0.120 e. The van der Waals surface area contributed by atoms with Crippen molar-refractivity contribution in [3.05, 3.63) is 33.8 Å². The Hall–Kier alpha value is -1.88. The van der Waals surface area contributed by atoms with E-state index < -0.39 is 0 Å². The number of benzene rings is 1. The first kappa shape index (κ1) is 12.2. The monoisotopic (exact) mass is 257 g/mol. The highest BCUT2D eigenvalue weighted by Crippen LogP contribution is 2.42. The van der Waals surface area contributed by atoms with E-state index in [1.165, 1.54) is 11.1 Å². The maximum absolute atomic E-state index is 11.9. The molecule has 1 heterocycles. The van der Waals surface area contributed by atoms with E-state index >= 15 is 0 Å². The molecule has 0 fully saturated rings. The summed E-state index contributed by atoms with van der Waals surface area (Å²) in [7, 11) is 0. The summed E-state index contributed by atoms with van der Waals surface area (Å²) in [5, 5.41) is 20.8. The summed E-state index contributed by atoms with van der Waals surface area (Å²) < 4.78 is 0. The summed E-state index contributed by atoms with van der Waals surface area (Å²) in [6, 6.07) is 3.90. The second-order valence-electron chi connectivity index (χ2n) is 5.23. The van der Waals surface area contributed by atoms with Crippen LogP contribution in [0.3, 0.4) is 0 Å². The first-order valence-corrected chi connectivity index (χ1v) is 6.53. The number of hydrogen-bond acceptors (Lipinski definition) is 4. The number of amidine groups is 1. The van der Waals surface area contributed by atoms with E-state index in [-0.39, 0.29) is 0 Å². The number of carbonyl (C=O) groups is 1. The first-order chi connectivity index (χ1) is 9.17. The molecule has 3 rings (SSSR count). The molecule has 0 radical (unpaired) electrons. The van der Waals surface area contributed by atoms with Crippen molar-refractivity contribution in [2.24, 2.45) is 11.0 Å². The number of carbonyl (C=O) groups excluding carboxylic acids is 1. The smallest absolute Gasteiger partial charge is 0.120 e. The summed E-state index contributed by atoms with van der Waals surface area (Å²) in [5.41, 5.74) is 3.70. The van der Waals surface area contributed by atoms with E-state index in [4.69, 9.17) is 0 Å². The van der Waals surface area contributed by atoms with Crippen LogP contribution in [-0.2, 0) is 17.6 Å². The Kier molecular flexibility index (Phi) is 2.98. The molecule has 5 nitrogen and oxygen atoms in total.